The van der Waals surface area contributed by atoms with E-state index in [1.165, 1.54) is 193 Å². The van der Waals surface area contributed by atoms with Crippen LogP contribution in [0.5, 0.6) is 0 Å². The van der Waals surface area contributed by atoms with Crippen molar-refractivity contribution in [2.75, 3.05) is 26.3 Å². The number of unbranched alkanes of at least 4 members (excludes halogenated alkanes) is 18. The molecule has 4 unspecified atom stereocenters. The minimum Gasteiger partial charge on any atom is -0.395 e. The maximum absolute atomic E-state index is 9.57. The molecule has 4 nitrogen and oxygen atoms in total. The monoisotopic (exact) mass is 823 g/mol. The molecule has 4 heteroatoms. The molecule has 4 atom stereocenters. The van der Waals surface area contributed by atoms with Crippen LogP contribution in [-0.4, -0.2) is 48.6 Å². The molecule has 2 aliphatic rings. The van der Waals surface area contributed by atoms with Gasteiger partial charge >= 0.3 is 0 Å². The lowest BCUT2D eigenvalue weighted by molar-refractivity contribution is 0.0316. The Morgan fingerprint density at radius 3 is 1.31 bits per heavy atom. The van der Waals surface area contributed by atoms with Gasteiger partial charge < -0.3 is 20.8 Å². The Balaban J connectivity index is 1.78. The average Bonchev–Trinajstić information content (AvgIpc) is 3.24. The molecule has 0 radical (unpaired) electrons. The van der Waals surface area contributed by atoms with Gasteiger partial charge in [0.2, 0.25) is 0 Å². The lowest BCUT2D eigenvalue weighted by Crippen LogP contribution is -2.55. The first-order valence-corrected chi connectivity index (χ1v) is 26.2. The number of hydrogen-bond donors (Lipinski definition) is 4. The smallest absolute Gasteiger partial charge is 0.0556 e. The number of aliphatic hydroxyl groups excluding tert-OH is 2. The van der Waals surface area contributed by atoms with E-state index >= 15 is 0 Å². The number of hydrogen-bond acceptors (Lipinski definition) is 4. The van der Waals surface area contributed by atoms with E-state index in [4.69, 9.17) is 0 Å². The molecule has 2 aliphatic carbocycles. The molecule has 4 N–H and O–H groups in total. The molecule has 344 valence electrons. The molecule has 59 heavy (non-hydrogen) atoms. The van der Waals surface area contributed by atoms with Crippen LogP contribution >= 0.6 is 0 Å². The fourth-order valence-electron chi connectivity index (χ4n) is 10.5. The number of allylic oxidation sites excluding steroid dienone is 8. The Morgan fingerprint density at radius 2 is 0.881 bits per heavy atom. The molecular formula is C55H102N2O2. The molecule has 0 aromatic rings. The summed E-state index contributed by atoms with van der Waals surface area (Å²) in [5.74, 6) is 1.43. The Hall–Kier alpha value is -1.20. The molecule has 0 saturated heterocycles. The van der Waals surface area contributed by atoms with Crippen molar-refractivity contribution in [1.29, 1.82) is 0 Å². The zero-order valence-electron chi connectivity index (χ0n) is 40.0. The molecule has 0 heterocycles. The third kappa shape index (κ3) is 26.8. The zero-order valence-corrected chi connectivity index (χ0v) is 40.0. The normalized spacial score (nSPS) is 22.2. The summed E-state index contributed by atoms with van der Waals surface area (Å²) < 4.78 is 0. The first-order valence-electron chi connectivity index (χ1n) is 26.2. The van der Waals surface area contributed by atoms with Crippen LogP contribution in [0.3, 0.4) is 0 Å². The van der Waals surface area contributed by atoms with Crippen molar-refractivity contribution >= 4 is 0 Å². The minimum atomic E-state index is 0.187. The van der Waals surface area contributed by atoms with Crippen molar-refractivity contribution in [2.45, 2.75) is 252 Å². The number of rotatable bonds is 38. The highest BCUT2D eigenvalue weighted by molar-refractivity contribution is 4.98. The van der Waals surface area contributed by atoms with Gasteiger partial charge in [-0.25, -0.2) is 0 Å². The first kappa shape index (κ1) is 53.9. The summed E-state index contributed by atoms with van der Waals surface area (Å²) in [6.07, 6.45) is 63.4. The quantitative estimate of drug-likeness (QED) is 0.0370. The molecule has 2 rings (SSSR count). The summed E-state index contributed by atoms with van der Waals surface area (Å²) in [7, 11) is 0. The third-order valence-corrected chi connectivity index (χ3v) is 14.6. The molecule has 2 saturated carbocycles. The molecule has 0 amide bonds. The Bertz CT molecular complexity index is 1010. The van der Waals surface area contributed by atoms with Crippen LogP contribution in [0.1, 0.15) is 240 Å². The standard InChI is InChI=1S/C55H102N2O2/c1-5-7-9-11-13-15-17-19-21-23-25-27-29-31-33-35-37-55(38-36-34-32-30-28-26-24-22-20-18-16-14-12-10-8-6-2)41-39-54(4,40-42-55)49-51-48-53(57-44-46-59)52(47-50(51)3)56-43-45-58/h13-16,19-22,50-53,56-59H,5-12,17-18,23-49H2,1-4H3/b15-13+,16-14+,21-19+,22-20+. The maximum atomic E-state index is 9.57. The van der Waals surface area contributed by atoms with Crippen molar-refractivity contribution < 1.29 is 10.2 Å². The van der Waals surface area contributed by atoms with Crippen LogP contribution in [0.4, 0.5) is 0 Å². The van der Waals surface area contributed by atoms with E-state index in [0.717, 1.165) is 25.2 Å². The topological polar surface area (TPSA) is 64.5 Å². The van der Waals surface area contributed by atoms with E-state index in [9.17, 15) is 10.2 Å². The molecule has 0 bridgehead atoms. The highest BCUT2D eigenvalue weighted by Gasteiger charge is 2.43. The van der Waals surface area contributed by atoms with Crippen LogP contribution in [0.25, 0.3) is 0 Å². The van der Waals surface area contributed by atoms with Gasteiger partial charge in [-0.2, -0.15) is 0 Å². The molecule has 0 spiro atoms. The van der Waals surface area contributed by atoms with Crippen molar-refractivity contribution in [2.24, 2.45) is 22.7 Å². The van der Waals surface area contributed by atoms with Gasteiger partial charge in [-0.3, -0.25) is 0 Å². The number of nitrogens with one attached hydrogen (secondary N) is 2. The van der Waals surface area contributed by atoms with Gasteiger partial charge in [-0.15, -0.1) is 0 Å². The molecule has 0 aromatic carbocycles. The second kappa shape index (κ2) is 36.3. The van der Waals surface area contributed by atoms with E-state index < -0.39 is 0 Å². The molecular weight excluding hydrogens is 721 g/mol. The van der Waals surface area contributed by atoms with E-state index in [-0.39, 0.29) is 13.2 Å². The van der Waals surface area contributed by atoms with Crippen LogP contribution < -0.4 is 10.6 Å². The first-order chi connectivity index (χ1) is 28.9. The maximum Gasteiger partial charge on any atom is 0.0556 e. The van der Waals surface area contributed by atoms with Crippen LogP contribution in [-0.2, 0) is 0 Å². The summed E-state index contributed by atoms with van der Waals surface area (Å²) in [5.41, 5.74) is 1.03. The highest BCUT2D eigenvalue weighted by atomic mass is 16.3. The van der Waals surface area contributed by atoms with Crippen molar-refractivity contribution in [3.63, 3.8) is 0 Å². The fraction of sp³-hybridized carbons (Fsp3) is 0.855. The van der Waals surface area contributed by atoms with Gasteiger partial charge in [0.15, 0.2) is 0 Å². The Labute approximate surface area is 368 Å². The Kier molecular flexibility index (Phi) is 33.2. The summed E-state index contributed by atoms with van der Waals surface area (Å²) in [4.78, 5) is 0. The van der Waals surface area contributed by atoms with Crippen LogP contribution in [0, 0.1) is 22.7 Å². The van der Waals surface area contributed by atoms with E-state index in [0.29, 0.717) is 41.9 Å². The van der Waals surface area contributed by atoms with Gasteiger partial charge in [-0.1, -0.05) is 166 Å². The predicted molar refractivity (Wildman–Crippen MR) is 261 cm³/mol. The largest absolute Gasteiger partial charge is 0.395 e. The second-order valence-electron chi connectivity index (χ2n) is 20.0. The van der Waals surface area contributed by atoms with E-state index in [1.54, 1.807) is 0 Å². The van der Waals surface area contributed by atoms with Gasteiger partial charge in [0.05, 0.1) is 13.2 Å². The van der Waals surface area contributed by atoms with Gasteiger partial charge in [0.25, 0.3) is 0 Å². The van der Waals surface area contributed by atoms with Gasteiger partial charge in [-0.05, 0) is 145 Å². The third-order valence-electron chi connectivity index (χ3n) is 14.6. The summed E-state index contributed by atoms with van der Waals surface area (Å²) in [6.45, 7) is 11.4. The molecule has 0 aliphatic heterocycles. The lowest BCUT2D eigenvalue weighted by Gasteiger charge is -2.49. The van der Waals surface area contributed by atoms with Crippen molar-refractivity contribution in [1.82, 2.24) is 10.6 Å². The van der Waals surface area contributed by atoms with Gasteiger partial charge in [0, 0.05) is 25.2 Å². The predicted octanol–water partition coefficient (Wildman–Crippen LogP) is 15.3. The zero-order chi connectivity index (χ0) is 42.5. The Morgan fingerprint density at radius 1 is 0.492 bits per heavy atom. The van der Waals surface area contributed by atoms with Crippen molar-refractivity contribution in [3.8, 4) is 0 Å². The summed E-state index contributed by atoms with van der Waals surface area (Å²) in [5, 5.41) is 26.3. The van der Waals surface area contributed by atoms with Crippen LogP contribution in [0.2, 0.25) is 0 Å². The van der Waals surface area contributed by atoms with Crippen molar-refractivity contribution in [3.05, 3.63) is 48.6 Å². The average molecular weight is 823 g/mol. The highest BCUT2D eigenvalue weighted by Crippen LogP contribution is 2.54. The van der Waals surface area contributed by atoms with Gasteiger partial charge in [0.1, 0.15) is 0 Å². The molecule has 0 aromatic heterocycles. The number of aliphatic hydroxyl groups is 2. The van der Waals surface area contributed by atoms with E-state index in [2.05, 4.69) is 86.9 Å². The van der Waals surface area contributed by atoms with Crippen LogP contribution in [0.15, 0.2) is 48.6 Å². The molecule has 2 fully saturated rings. The fourth-order valence-corrected chi connectivity index (χ4v) is 10.5. The second-order valence-corrected chi connectivity index (χ2v) is 20.0. The minimum absolute atomic E-state index is 0.187. The summed E-state index contributed by atoms with van der Waals surface area (Å²) in [6, 6.07) is 0.768. The SMILES string of the molecule is CCCCC/C=C/C/C=C/CCCCCCCCC1(CCCCCCCC/C=C/C/C=C/CCCCC)CCC(C)(CC2CC(NCCO)C(NCCO)CC2C)CC1. The summed E-state index contributed by atoms with van der Waals surface area (Å²) >= 11 is 0. The lowest BCUT2D eigenvalue weighted by atomic mass is 9.57. The van der Waals surface area contributed by atoms with E-state index in [1.807, 2.05) is 0 Å².